The van der Waals surface area contributed by atoms with Gasteiger partial charge in [-0.2, -0.15) is 0 Å². The minimum absolute atomic E-state index is 0.0571. The lowest BCUT2D eigenvalue weighted by atomic mass is 9.95. The van der Waals surface area contributed by atoms with Gasteiger partial charge in [0.1, 0.15) is 5.75 Å². The molecule has 0 aromatic heterocycles. The van der Waals surface area contributed by atoms with E-state index < -0.39 is 0 Å². The van der Waals surface area contributed by atoms with Gasteiger partial charge >= 0.3 is 0 Å². The molecule has 0 spiro atoms. The summed E-state index contributed by atoms with van der Waals surface area (Å²) in [5.74, 6) is 2.78. The third-order valence-electron chi connectivity index (χ3n) is 4.78. The Labute approximate surface area is 153 Å². The first-order chi connectivity index (χ1) is 12.7. The number of hydrogen-bond acceptors (Lipinski definition) is 3. The Morgan fingerprint density at radius 1 is 1.27 bits per heavy atom. The maximum atomic E-state index is 13.1. The Kier molecular flexibility index (Phi) is 5.43. The average molecular weight is 350 g/mol. The van der Waals surface area contributed by atoms with E-state index in [1.165, 1.54) is 0 Å². The summed E-state index contributed by atoms with van der Waals surface area (Å²) >= 11 is 0. The molecule has 2 aromatic carbocycles. The van der Waals surface area contributed by atoms with Crippen LogP contribution in [0.2, 0.25) is 0 Å². The highest BCUT2D eigenvalue weighted by Crippen LogP contribution is 2.30. The Morgan fingerprint density at radius 3 is 2.77 bits per heavy atom. The van der Waals surface area contributed by atoms with Crippen LogP contribution in [0, 0.1) is 18.3 Å². The van der Waals surface area contributed by atoms with E-state index in [9.17, 15) is 9.59 Å². The zero-order chi connectivity index (χ0) is 18.5. The molecule has 1 fully saturated rings. The first kappa shape index (κ1) is 17.8. The van der Waals surface area contributed by atoms with Crippen LogP contribution in [-0.2, 0) is 4.79 Å². The minimum atomic E-state index is -0.217. The summed E-state index contributed by atoms with van der Waals surface area (Å²) in [6.45, 7) is 1.28. The molecule has 0 radical (unpaired) electrons. The molecule has 0 bridgehead atoms. The molecule has 2 amide bonds. The molecule has 0 unspecified atom stereocenters. The van der Waals surface area contributed by atoms with Gasteiger partial charge in [0.25, 0.3) is 5.91 Å². The molecule has 1 N–H and O–H groups in total. The van der Waals surface area contributed by atoms with Crippen LogP contribution in [-0.4, -0.2) is 43.5 Å². The molecule has 5 heteroatoms. The molecule has 3 rings (SSSR count). The number of amides is 2. The van der Waals surface area contributed by atoms with E-state index in [0.29, 0.717) is 18.7 Å². The Bertz CT molecular complexity index is 869. The molecule has 134 valence electrons. The molecule has 1 saturated heterocycles. The van der Waals surface area contributed by atoms with Crippen molar-refractivity contribution in [2.24, 2.45) is 5.92 Å². The molecular weight excluding hydrogens is 328 g/mol. The maximum absolute atomic E-state index is 13.1. The number of piperidine rings is 1. The predicted octanol–water partition coefficient (Wildman–Crippen LogP) is 2.45. The first-order valence-corrected chi connectivity index (χ1v) is 8.72. The zero-order valence-electron chi connectivity index (χ0n) is 14.8. The first-order valence-electron chi connectivity index (χ1n) is 8.72. The molecule has 5 nitrogen and oxygen atoms in total. The van der Waals surface area contributed by atoms with Crippen LogP contribution in [0.15, 0.2) is 36.4 Å². The Balaban J connectivity index is 1.84. The SMILES string of the molecule is C#CCNC(=O)[C@@H]1CCCN(C(=O)c2ccc(OC)c3ccccc23)C1. The van der Waals surface area contributed by atoms with Gasteiger partial charge in [-0.15, -0.1) is 6.42 Å². The van der Waals surface area contributed by atoms with Gasteiger partial charge in [0.15, 0.2) is 0 Å². The summed E-state index contributed by atoms with van der Waals surface area (Å²) in [7, 11) is 1.62. The van der Waals surface area contributed by atoms with E-state index in [-0.39, 0.29) is 24.3 Å². The fourth-order valence-corrected chi connectivity index (χ4v) is 3.46. The number of fused-ring (bicyclic) bond motifs is 1. The highest BCUT2D eigenvalue weighted by atomic mass is 16.5. The van der Waals surface area contributed by atoms with E-state index in [0.717, 1.165) is 29.4 Å². The molecule has 26 heavy (non-hydrogen) atoms. The molecule has 2 aromatic rings. The van der Waals surface area contributed by atoms with Crippen molar-refractivity contribution in [1.29, 1.82) is 0 Å². The highest BCUT2D eigenvalue weighted by molar-refractivity contribution is 6.08. The molecule has 0 aliphatic carbocycles. The van der Waals surface area contributed by atoms with Crippen LogP contribution in [0.3, 0.4) is 0 Å². The minimum Gasteiger partial charge on any atom is -0.496 e. The van der Waals surface area contributed by atoms with Gasteiger partial charge in [-0.1, -0.05) is 30.2 Å². The number of carbonyl (C=O) groups is 2. The van der Waals surface area contributed by atoms with Crippen LogP contribution in [0.5, 0.6) is 5.75 Å². The van der Waals surface area contributed by atoms with Crippen molar-refractivity contribution in [3.05, 3.63) is 42.0 Å². The lowest BCUT2D eigenvalue weighted by Gasteiger charge is -2.32. The molecular formula is C21H22N2O3. The quantitative estimate of drug-likeness (QED) is 0.862. The van der Waals surface area contributed by atoms with Crippen LogP contribution >= 0.6 is 0 Å². The molecule has 0 saturated carbocycles. The van der Waals surface area contributed by atoms with Gasteiger partial charge < -0.3 is 15.0 Å². The number of likely N-dealkylation sites (tertiary alicyclic amines) is 1. The van der Waals surface area contributed by atoms with E-state index in [4.69, 9.17) is 11.2 Å². The monoisotopic (exact) mass is 350 g/mol. The average Bonchev–Trinajstić information content (AvgIpc) is 2.70. The summed E-state index contributed by atoms with van der Waals surface area (Å²) in [5.41, 5.74) is 0.631. The summed E-state index contributed by atoms with van der Waals surface area (Å²) < 4.78 is 5.40. The van der Waals surface area contributed by atoms with Gasteiger partial charge in [0.05, 0.1) is 19.6 Å². The van der Waals surface area contributed by atoms with Gasteiger partial charge in [0.2, 0.25) is 5.91 Å². The summed E-state index contributed by atoms with van der Waals surface area (Å²) in [6, 6.07) is 11.3. The summed E-state index contributed by atoms with van der Waals surface area (Å²) in [5, 5.41) is 4.48. The number of hydrogen-bond donors (Lipinski definition) is 1. The smallest absolute Gasteiger partial charge is 0.254 e. The van der Waals surface area contributed by atoms with Crippen molar-refractivity contribution in [3.63, 3.8) is 0 Å². The second-order valence-corrected chi connectivity index (χ2v) is 6.37. The van der Waals surface area contributed by atoms with Gasteiger partial charge in [-0.05, 0) is 30.4 Å². The van der Waals surface area contributed by atoms with Gasteiger partial charge in [0, 0.05) is 24.0 Å². The lowest BCUT2D eigenvalue weighted by molar-refractivity contribution is -0.126. The Hall–Kier alpha value is -3.00. The lowest BCUT2D eigenvalue weighted by Crippen LogP contribution is -2.45. The summed E-state index contributed by atoms with van der Waals surface area (Å²) in [6.07, 6.45) is 6.76. The number of nitrogens with one attached hydrogen (secondary N) is 1. The number of benzene rings is 2. The van der Waals surface area contributed by atoms with Crippen molar-refractivity contribution in [2.45, 2.75) is 12.8 Å². The van der Waals surface area contributed by atoms with Crippen molar-refractivity contribution in [1.82, 2.24) is 10.2 Å². The molecule has 1 aliphatic rings. The highest BCUT2D eigenvalue weighted by Gasteiger charge is 2.29. The van der Waals surface area contributed by atoms with E-state index >= 15 is 0 Å². The molecule has 1 aliphatic heterocycles. The zero-order valence-corrected chi connectivity index (χ0v) is 14.8. The van der Waals surface area contributed by atoms with Crippen LogP contribution < -0.4 is 10.1 Å². The fraction of sp³-hybridized carbons (Fsp3) is 0.333. The second-order valence-electron chi connectivity index (χ2n) is 6.37. The molecule has 1 atom stereocenters. The van der Waals surface area contributed by atoms with Crippen LogP contribution in [0.25, 0.3) is 10.8 Å². The standard InChI is InChI=1S/C21H22N2O3/c1-3-12-22-20(24)15-7-6-13-23(14-15)21(25)18-10-11-19(26-2)17-9-5-4-8-16(17)18/h1,4-5,8-11,15H,6-7,12-14H2,2H3,(H,22,24)/t15-/m1/s1. The Morgan fingerprint density at radius 2 is 2.04 bits per heavy atom. The third kappa shape index (κ3) is 3.50. The van der Waals surface area contributed by atoms with Crippen molar-refractivity contribution in [3.8, 4) is 18.1 Å². The molecule has 1 heterocycles. The van der Waals surface area contributed by atoms with E-state index in [1.807, 2.05) is 30.3 Å². The van der Waals surface area contributed by atoms with Gasteiger partial charge in [-0.25, -0.2) is 0 Å². The van der Waals surface area contributed by atoms with E-state index in [1.54, 1.807) is 18.1 Å². The number of rotatable bonds is 4. The van der Waals surface area contributed by atoms with Gasteiger partial charge in [-0.3, -0.25) is 9.59 Å². The van der Waals surface area contributed by atoms with E-state index in [2.05, 4.69) is 11.2 Å². The van der Waals surface area contributed by atoms with Crippen molar-refractivity contribution in [2.75, 3.05) is 26.7 Å². The van der Waals surface area contributed by atoms with Crippen molar-refractivity contribution >= 4 is 22.6 Å². The van der Waals surface area contributed by atoms with Crippen LogP contribution in [0.1, 0.15) is 23.2 Å². The number of nitrogens with zero attached hydrogens (tertiary/aromatic N) is 1. The number of terminal acetylenes is 1. The second kappa shape index (κ2) is 7.92. The normalized spacial score (nSPS) is 16.8. The predicted molar refractivity (Wildman–Crippen MR) is 101 cm³/mol. The maximum Gasteiger partial charge on any atom is 0.254 e. The number of ether oxygens (including phenoxy) is 1. The fourth-order valence-electron chi connectivity index (χ4n) is 3.46. The summed E-state index contributed by atoms with van der Waals surface area (Å²) in [4.78, 5) is 27.1. The van der Waals surface area contributed by atoms with Crippen molar-refractivity contribution < 1.29 is 14.3 Å². The number of carbonyl (C=O) groups excluding carboxylic acids is 2. The largest absolute Gasteiger partial charge is 0.496 e. The topological polar surface area (TPSA) is 58.6 Å². The van der Waals surface area contributed by atoms with Crippen LogP contribution in [0.4, 0.5) is 0 Å². The number of methoxy groups -OCH3 is 1. The third-order valence-corrected chi connectivity index (χ3v) is 4.78.